The van der Waals surface area contributed by atoms with Crippen molar-refractivity contribution in [2.45, 2.75) is 12.6 Å². The lowest BCUT2D eigenvalue weighted by Crippen LogP contribution is -2.21. The third-order valence-corrected chi connectivity index (χ3v) is 2.02. The quantitative estimate of drug-likeness (QED) is 0.625. The van der Waals surface area contributed by atoms with E-state index in [2.05, 4.69) is 4.98 Å². The van der Waals surface area contributed by atoms with Crippen molar-refractivity contribution >= 4 is 17.5 Å². The molecule has 1 aromatic rings. The van der Waals surface area contributed by atoms with Crippen LogP contribution >= 0.6 is 11.6 Å². The van der Waals surface area contributed by atoms with E-state index in [0.29, 0.717) is 12.3 Å². The van der Waals surface area contributed by atoms with Gasteiger partial charge in [0.2, 0.25) is 5.91 Å². The van der Waals surface area contributed by atoms with Crippen molar-refractivity contribution in [2.75, 3.05) is 0 Å². The number of amides is 1. The van der Waals surface area contributed by atoms with Gasteiger partial charge in [0.15, 0.2) is 0 Å². The van der Waals surface area contributed by atoms with Gasteiger partial charge in [0.05, 0.1) is 22.7 Å². The Hall–Kier alpha value is -1.34. The number of carbonyl (C=O) groups is 1. The summed E-state index contributed by atoms with van der Waals surface area (Å²) in [6, 6.07) is 0.675. The van der Waals surface area contributed by atoms with Gasteiger partial charge in [-0.1, -0.05) is 11.6 Å². The Labute approximate surface area is 93.0 Å². The largest absolute Gasteiger partial charge is 0.417 e. The molecular formula is C8H6ClF3N2O2. The number of alkyl halides is 3. The van der Waals surface area contributed by atoms with Crippen LogP contribution < -0.4 is 5.48 Å². The molecule has 0 aliphatic heterocycles. The molecule has 0 aliphatic rings. The molecule has 0 fully saturated rings. The van der Waals surface area contributed by atoms with Gasteiger partial charge in [0.25, 0.3) is 0 Å². The van der Waals surface area contributed by atoms with E-state index in [1.165, 1.54) is 5.48 Å². The predicted octanol–water partition coefficient (Wildman–Crippen LogP) is 1.80. The molecule has 1 aromatic heterocycles. The number of hydrogen-bond donors (Lipinski definition) is 2. The number of carbonyl (C=O) groups excluding carboxylic acids is 1. The first kappa shape index (κ1) is 12.7. The number of nitrogens with zero attached hydrogens (tertiary/aromatic N) is 1. The monoisotopic (exact) mass is 254 g/mol. The Bertz CT molecular complexity index is 409. The van der Waals surface area contributed by atoms with E-state index in [4.69, 9.17) is 16.8 Å². The maximum Gasteiger partial charge on any atom is 0.417 e. The highest BCUT2D eigenvalue weighted by atomic mass is 35.5. The van der Waals surface area contributed by atoms with E-state index >= 15 is 0 Å². The minimum absolute atomic E-state index is 0.0405. The summed E-state index contributed by atoms with van der Waals surface area (Å²) in [5, 5.41) is 7.94. The van der Waals surface area contributed by atoms with Gasteiger partial charge in [-0.15, -0.1) is 0 Å². The Morgan fingerprint density at radius 1 is 1.56 bits per heavy atom. The fraction of sp³-hybridized carbons (Fsp3) is 0.250. The molecule has 0 saturated heterocycles. The molecule has 1 amide bonds. The van der Waals surface area contributed by atoms with Crippen molar-refractivity contribution in [3.63, 3.8) is 0 Å². The number of halogens is 4. The van der Waals surface area contributed by atoms with E-state index in [1.54, 1.807) is 0 Å². The molecule has 4 nitrogen and oxygen atoms in total. The molecule has 0 aliphatic carbocycles. The Morgan fingerprint density at radius 3 is 2.62 bits per heavy atom. The normalized spacial score (nSPS) is 11.3. The van der Waals surface area contributed by atoms with E-state index in [-0.39, 0.29) is 10.7 Å². The molecule has 0 aromatic carbocycles. The van der Waals surface area contributed by atoms with Crippen molar-refractivity contribution in [1.29, 1.82) is 0 Å². The lowest BCUT2D eigenvalue weighted by Gasteiger charge is -2.08. The smallest absolute Gasteiger partial charge is 0.289 e. The standard InChI is InChI=1S/C8H6ClF3N2O2/c9-5-1-4(8(10,11)12)3-13-6(5)2-7(15)14-16/h1,3,16H,2H2,(H,14,15). The second kappa shape index (κ2) is 4.67. The second-order valence-corrected chi connectivity index (χ2v) is 3.27. The summed E-state index contributed by atoms with van der Waals surface area (Å²) in [7, 11) is 0. The van der Waals surface area contributed by atoms with Crippen molar-refractivity contribution in [1.82, 2.24) is 10.5 Å². The van der Waals surface area contributed by atoms with Crippen molar-refractivity contribution in [3.8, 4) is 0 Å². The SMILES string of the molecule is O=C(Cc1ncc(C(F)(F)F)cc1Cl)NO. The van der Waals surface area contributed by atoms with Gasteiger partial charge < -0.3 is 0 Å². The van der Waals surface area contributed by atoms with Crippen LogP contribution in [0.1, 0.15) is 11.3 Å². The average molecular weight is 255 g/mol. The van der Waals surface area contributed by atoms with Crippen LogP contribution in [0, 0.1) is 0 Å². The number of aromatic nitrogens is 1. The van der Waals surface area contributed by atoms with Crippen LogP contribution in [0.3, 0.4) is 0 Å². The van der Waals surface area contributed by atoms with Crippen LogP contribution in [0.5, 0.6) is 0 Å². The van der Waals surface area contributed by atoms with E-state index in [9.17, 15) is 18.0 Å². The first-order chi connectivity index (χ1) is 7.34. The molecule has 0 saturated carbocycles. The minimum Gasteiger partial charge on any atom is -0.289 e. The molecule has 1 rings (SSSR count). The van der Waals surface area contributed by atoms with E-state index in [0.717, 1.165) is 0 Å². The van der Waals surface area contributed by atoms with Crippen LogP contribution in [-0.4, -0.2) is 16.1 Å². The van der Waals surface area contributed by atoms with Gasteiger partial charge >= 0.3 is 6.18 Å². The molecule has 8 heteroatoms. The summed E-state index contributed by atoms with van der Waals surface area (Å²) >= 11 is 5.51. The highest BCUT2D eigenvalue weighted by Gasteiger charge is 2.31. The van der Waals surface area contributed by atoms with Crippen molar-refractivity contribution in [3.05, 3.63) is 28.5 Å². The van der Waals surface area contributed by atoms with Gasteiger partial charge in [-0.25, -0.2) is 5.48 Å². The van der Waals surface area contributed by atoms with Crippen LogP contribution in [-0.2, 0) is 17.4 Å². The van der Waals surface area contributed by atoms with Crippen LogP contribution in [0.25, 0.3) is 0 Å². The molecule has 0 radical (unpaired) electrons. The fourth-order valence-electron chi connectivity index (χ4n) is 0.943. The third kappa shape index (κ3) is 3.07. The van der Waals surface area contributed by atoms with Crippen molar-refractivity contribution in [2.24, 2.45) is 0 Å². The van der Waals surface area contributed by atoms with Crippen LogP contribution in [0.4, 0.5) is 13.2 Å². The van der Waals surface area contributed by atoms with Crippen molar-refractivity contribution < 1.29 is 23.2 Å². The zero-order chi connectivity index (χ0) is 12.3. The maximum atomic E-state index is 12.2. The summed E-state index contributed by atoms with van der Waals surface area (Å²) in [6.45, 7) is 0. The second-order valence-electron chi connectivity index (χ2n) is 2.86. The van der Waals surface area contributed by atoms with Gasteiger partial charge in [0.1, 0.15) is 0 Å². The summed E-state index contributed by atoms with van der Waals surface area (Å²) in [4.78, 5) is 14.1. The predicted molar refractivity (Wildman–Crippen MR) is 47.9 cm³/mol. The molecule has 0 atom stereocenters. The first-order valence-corrected chi connectivity index (χ1v) is 4.37. The Morgan fingerprint density at radius 2 is 2.19 bits per heavy atom. The van der Waals surface area contributed by atoms with Crippen LogP contribution in [0.2, 0.25) is 5.02 Å². The third-order valence-electron chi connectivity index (χ3n) is 1.70. The topological polar surface area (TPSA) is 62.2 Å². The number of hydrogen-bond acceptors (Lipinski definition) is 3. The molecular weight excluding hydrogens is 249 g/mol. The summed E-state index contributed by atoms with van der Waals surface area (Å²) in [6.07, 6.45) is -4.35. The lowest BCUT2D eigenvalue weighted by atomic mass is 10.2. The Kier molecular flexibility index (Phi) is 3.71. The molecule has 2 N–H and O–H groups in total. The zero-order valence-corrected chi connectivity index (χ0v) is 8.43. The number of nitrogens with one attached hydrogen (secondary N) is 1. The van der Waals surface area contributed by atoms with Crippen LogP contribution in [0.15, 0.2) is 12.3 Å². The summed E-state index contributed by atoms with van der Waals surface area (Å²) in [5.41, 5.74) is 0.290. The van der Waals surface area contributed by atoms with Gasteiger partial charge in [-0.2, -0.15) is 13.2 Å². The minimum atomic E-state index is -4.53. The molecule has 1 heterocycles. The number of hydroxylamine groups is 1. The lowest BCUT2D eigenvalue weighted by molar-refractivity contribution is -0.137. The van der Waals surface area contributed by atoms with Gasteiger partial charge in [0, 0.05) is 6.20 Å². The zero-order valence-electron chi connectivity index (χ0n) is 7.68. The summed E-state index contributed by atoms with van der Waals surface area (Å²) in [5.74, 6) is -0.811. The molecule has 0 bridgehead atoms. The van der Waals surface area contributed by atoms with Gasteiger partial charge in [-0.05, 0) is 6.07 Å². The highest BCUT2D eigenvalue weighted by Crippen LogP contribution is 2.31. The highest BCUT2D eigenvalue weighted by molar-refractivity contribution is 6.31. The summed E-state index contributed by atoms with van der Waals surface area (Å²) < 4.78 is 36.6. The molecule has 16 heavy (non-hydrogen) atoms. The van der Waals surface area contributed by atoms with Gasteiger partial charge in [-0.3, -0.25) is 15.0 Å². The fourth-order valence-corrected chi connectivity index (χ4v) is 1.18. The van der Waals surface area contributed by atoms with E-state index in [1.807, 2.05) is 0 Å². The molecule has 0 spiro atoms. The first-order valence-electron chi connectivity index (χ1n) is 3.99. The number of pyridine rings is 1. The molecule has 0 unspecified atom stereocenters. The average Bonchev–Trinajstić information content (AvgIpc) is 2.19. The Balaban J connectivity index is 2.96. The van der Waals surface area contributed by atoms with E-state index < -0.39 is 24.1 Å². The molecule has 88 valence electrons. The number of rotatable bonds is 2. The maximum absolute atomic E-state index is 12.2.